The van der Waals surface area contributed by atoms with Crippen molar-refractivity contribution in [3.05, 3.63) is 16.1 Å². The van der Waals surface area contributed by atoms with Crippen LogP contribution < -0.4 is 10.6 Å². The van der Waals surface area contributed by atoms with E-state index in [0.717, 1.165) is 18.3 Å². The standard InChI is InChI=1S/C11H12Cl2N4OS/c1-2-14-4-3-8(18)15-9-6(12)5-7(13)10-11(9)17-19-16-10/h5,14H,2-4H2,1H3,(H,15,18). The summed E-state index contributed by atoms with van der Waals surface area (Å²) in [7, 11) is 0. The highest BCUT2D eigenvalue weighted by molar-refractivity contribution is 7.00. The zero-order chi connectivity index (χ0) is 13.8. The van der Waals surface area contributed by atoms with Gasteiger partial charge < -0.3 is 10.6 Å². The molecular weight excluding hydrogens is 307 g/mol. The van der Waals surface area contributed by atoms with Crippen molar-refractivity contribution >= 4 is 57.6 Å². The summed E-state index contributed by atoms with van der Waals surface area (Å²) in [6.07, 6.45) is 0.367. The van der Waals surface area contributed by atoms with E-state index in [1.165, 1.54) is 0 Å². The Morgan fingerprint density at radius 1 is 1.32 bits per heavy atom. The first-order valence-corrected chi connectivity index (χ1v) is 7.23. The molecule has 0 spiro atoms. The van der Waals surface area contributed by atoms with Gasteiger partial charge in [0.2, 0.25) is 5.91 Å². The van der Waals surface area contributed by atoms with Gasteiger partial charge in [-0.2, -0.15) is 8.75 Å². The predicted octanol–water partition coefficient (Wildman–Crippen LogP) is 2.94. The first kappa shape index (κ1) is 14.5. The Hall–Kier alpha value is -0.950. The van der Waals surface area contributed by atoms with Crippen LogP contribution in [0.4, 0.5) is 5.69 Å². The first-order valence-electron chi connectivity index (χ1n) is 5.74. The van der Waals surface area contributed by atoms with Crippen LogP contribution in [0.3, 0.4) is 0 Å². The summed E-state index contributed by atoms with van der Waals surface area (Å²) in [5.41, 5.74) is 1.55. The molecule has 0 aliphatic rings. The number of fused-ring (bicyclic) bond motifs is 1. The summed E-state index contributed by atoms with van der Waals surface area (Å²) < 4.78 is 8.20. The van der Waals surface area contributed by atoms with Crippen molar-refractivity contribution in [3.8, 4) is 0 Å². The maximum Gasteiger partial charge on any atom is 0.225 e. The normalized spacial score (nSPS) is 10.9. The van der Waals surface area contributed by atoms with Gasteiger partial charge in [-0.15, -0.1) is 0 Å². The van der Waals surface area contributed by atoms with Crippen molar-refractivity contribution in [2.75, 3.05) is 18.4 Å². The van der Waals surface area contributed by atoms with Crippen LogP contribution in [0, 0.1) is 0 Å². The monoisotopic (exact) mass is 318 g/mol. The molecule has 0 saturated heterocycles. The number of halogens is 2. The summed E-state index contributed by atoms with van der Waals surface area (Å²) in [6.45, 7) is 3.43. The van der Waals surface area contributed by atoms with Crippen molar-refractivity contribution in [1.29, 1.82) is 0 Å². The van der Waals surface area contributed by atoms with Gasteiger partial charge in [-0.05, 0) is 12.6 Å². The number of rotatable bonds is 5. The molecule has 0 unspecified atom stereocenters. The minimum atomic E-state index is -0.125. The highest BCUT2D eigenvalue weighted by Crippen LogP contribution is 2.35. The lowest BCUT2D eigenvalue weighted by atomic mass is 10.2. The number of nitrogens with one attached hydrogen (secondary N) is 2. The first-order chi connectivity index (χ1) is 9.13. The number of anilines is 1. The van der Waals surface area contributed by atoms with Crippen LogP contribution in [0.5, 0.6) is 0 Å². The van der Waals surface area contributed by atoms with Gasteiger partial charge in [-0.1, -0.05) is 30.1 Å². The van der Waals surface area contributed by atoms with Crippen LogP contribution in [0.15, 0.2) is 6.07 Å². The molecule has 1 heterocycles. The fourth-order valence-corrected chi connectivity index (χ4v) is 2.73. The molecule has 8 heteroatoms. The zero-order valence-corrected chi connectivity index (χ0v) is 12.5. The van der Waals surface area contributed by atoms with E-state index < -0.39 is 0 Å². The van der Waals surface area contributed by atoms with Crippen molar-refractivity contribution < 1.29 is 4.79 Å². The zero-order valence-electron chi connectivity index (χ0n) is 10.2. The van der Waals surface area contributed by atoms with Gasteiger partial charge in [-0.25, -0.2) is 0 Å². The number of amides is 1. The van der Waals surface area contributed by atoms with Crippen LogP contribution in [-0.4, -0.2) is 27.7 Å². The van der Waals surface area contributed by atoms with Gasteiger partial charge >= 0.3 is 0 Å². The van der Waals surface area contributed by atoms with Crippen molar-refractivity contribution in [3.63, 3.8) is 0 Å². The summed E-state index contributed by atoms with van der Waals surface area (Å²) in [4.78, 5) is 11.8. The van der Waals surface area contributed by atoms with Gasteiger partial charge in [0.05, 0.1) is 27.5 Å². The summed E-state index contributed by atoms with van der Waals surface area (Å²) in [5, 5.41) is 6.63. The molecule has 102 valence electrons. The molecule has 0 radical (unpaired) electrons. The Balaban J connectivity index is 2.20. The quantitative estimate of drug-likeness (QED) is 0.832. The van der Waals surface area contributed by atoms with Gasteiger partial charge in [-0.3, -0.25) is 4.79 Å². The number of nitrogens with zero attached hydrogens (tertiary/aromatic N) is 2. The van der Waals surface area contributed by atoms with Gasteiger partial charge in [0, 0.05) is 13.0 Å². The summed E-state index contributed by atoms with van der Waals surface area (Å²) >= 11 is 13.1. The third-order valence-corrected chi connectivity index (χ3v) is 3.60. The average molecular weight is 319 g/mol. The predicted molar refractivity (Wildman–Crippen MR) is 79.2 cm³/mol. The molecule has 0 bridgehead atoms. The molecule has 0 fully saturated rings. The minimum Gasteiger partial charge on any atom is -0.323 e. The van der Waals surface area contributed by atoms with E-state index in [9.17, 15) is 4.79 Å². The molecular formula is C11H12Cl2N4OS. The highest BCUT2D eigenvalue weighted by Gasteiger charge is 2.15. The third-order valence-electron chi connectivity index (χ3n) is 2.49. The Bertz CT molecular complexity index is 602. The summed E-state index contributed by atoms with van der Waals surface area (Å²) in [6, 6.07) is 1.56. The van der Waals surface area contributed by atoms with Crippen molar-refractivity contribution in [2.45, 2.75) is 13.3 Å². The van der Waals surface area contributed by atoms with Crippen LogP contribution in [0.25, 0.3) is 11.0 Å². The van der Waals surface area contributed by atoms with Gasteiger partial charge in [0.25, 0.3) is 0 Å². The minimum absolute atomic E-state index is 0.125. The van der Waals surface area contributed by atoms with E-state index >= 15 is 0 Å². The SMILES string of the molecule is CCNCCC(=O)Nc1c(Cl)cc(Cl)c2nsnc12. The summed E-state index contributed by atoms with van der Waals surface area (Å²) in [5.74, 6) is -0.125. The average Bonchev–Trinajstić information content (AvgIpc) is 2.84. The largest absolute Gasteiger partial charge is 0.323 e. The molecule has 19 heavy (non-hydrogen) atoms. The van der Waals surface area contributed by atoms with E-state index in [2.05, 4.69) is 19.4 Å². The Morgan fingerprint density at radius 3 is 2.79 bits per heavy atom. The smallest absolute Gasteiger partial charge is 0.225 e. The van der Waals surface area contributed by atoms with Crippen LogP contribution in [-0.2, 0) is 4.79 Å². The number of carbonyl (C=O) groups excluding carboxylic acids is 1. The molecule has 0 aliphatic heterocycles. The van der Waals surface area contributed by atoms with Crippen LogP contribution in [0.2, 0.25) is 10.0 Å². The molecule has 1 aromatic carbocycles. The molecule has 0 atom stereocenters. The topological polar surface area (TPSA) is 66.9 Å². The lowest BCUT2D eigenvalue weighted by Gasteiger charge is -2.08. The molecule has 5 nitrogen and oxygen atoms in total. The van der Waals surface area contributed by atoms with Crippen LogP contribution >= 0.6 is 34.9 Å². The molecule has 2 aromatic rings. The van der Waals surface area contributed by atoms with Gasteiger partial charge in [0.1, 0.15) is 11.0 Å². The fourth-order valence-electron chi connectivity index (χ4n) is 1.57. The molecule has 1 amide bonds. The number of benzene rings is 1. The third kappa shape index (κ3) is 3.33. The second-order valence-electron chi connectivity index (χ2n) is 3.83. The lowest BCUT2D eigenvalue weighted by molar-refractivity contribution is -0.116. The number of hydrogen-bond acceptors (Lipinski definition) is 5. The van der Waals surface area contributed by atoms with E-state index in [0.29, 0.717) is 39.7 Å². The maximum absolute atomic E-state index is 11.8. The number of hydrogen-bond donors (Lipinski definition) is 2. The Labute approximate surface area is 124 Å². The number of carbonyl (C=O) groups is 1. The van der Waals surface area contributed by atoms with Crippen molar-refractivity contribution in [1.82, 2.24) is 14.1 Å². The maximum atomic E-state index is 11.8. The highest BCUT2D eigenvalue weighted by atomic mass is 35.5. The molecule has 2 N–H and O–H groups in total. The molecule has 1 aromatic heterocycles. The second kappa shape index (κ2) is 6.47. The Morgan fingerprint density at radius 2 is 2.05 bits per heavy atom. The van der Waals surface area contributed by atoms with E-state index in [-0.39, 0.29) is 5.91 Å². The second-order valence-corrected chi connectivity index (χ2v) is 5.17. The van der Waals surface area contributed by atoms with E-state index in [1.54, 1.807) is 6.07 Å². The van der Waals surface area contributed by atoms with Crippen LogP contribution in [0.1, 0.15) is 13.3 Å². The number of aromatic nitrogens is 2. The lowest BCUT2D eigenvalue weighted by Crippen LogP contribution is -2.21. The molecule has 2 rings (SSSR count). The molecule has 0 saturated carbocycles. The van der Waals surface area contributed by atoms with E-state index in [4.69, 9.17) is 23.2 Å². The van der Waals surface area contributed by atoms with Crippen molar-refractivity contribution in [2.24, 2.45) is 0 Å². The van der Waals surface area contributed by atoms with Gasteiger partial charge in [0.15, 0.2) is 0 Å². The Kier molecular flexibility index (Phi) is 4.93. The fraction of sp³-hybridized carbons (Fsp3) is 0.364. The molecule has 0 aliphatic carbocycles. The van der Waals surface area contributed by atoms with E-state index in [1.807, 2.05) is 6.92 Å².